The Labute approximate surface area is 186 Å². The summed E-state index contributed by atoms with van der Waals surface area (Å²) in [6.45, 7) is 8.03. The summed E-state index contributed by atoms with van der Waals surface area (Å²) < 4.78 is 11.6. The van der Waals surface area contributed by atoms with Gasteiger partial charge in [0, 0.05) is 25.1 Å². The Morgan fingerprint density at radius 3 is 2.93 bits per heavy atom. The summed E-state index contributed by atoms with van der Waals surface area (Å²) in [5.41, 5.74) is 3.89. The normalized spacial score (nSPS) is 19.1. The van der Waals surface area contributed by atoms with E-state index in [1.54, 1.807) is 5.57 Å². The van der Waals surface area contributed by atoms with Crippen molar-refractivity contribution >= 4 is 29.9 Å². The van der Waals surface area contributed by atoms with Crippen molar-refractivity contribution in [1.29, 1.82) is 0 Å². The lowest BCUT2D eigenvalue weighted by atomic mass is 10.1. The van der Waals surface area contributed by atoms with E-state index in [9.17, 15) is 0 Å². The third-order valence-electron chi connectivity index (χ3n) is 5.03. The highest BCUT2D eigenvalue weighted by Crippen LogP contribution is 2.24. The summed E-state index contributed by atoms with van der Waals surface area (Å²) in [6.07, 6.45) is 8.40. The van der Waals surface area contributed by atoms with Gasteiger partial charge in [-0.2, -0.15) is 0 Å². The van der Waals surface area contributed by atoms with Crippen LogP contribution in [-0.2, 0) is 11.3 Å². The van der Waals surface area contributed by atoms with Crippen molar-refractivity contribution in [3.05, 3.63) is 41.0 Å². The summed E-state index contributed by atoms with van der Waals surface area (Å²) in [6, 6.07) is 6.35. The van der Waals surface area contributed by atoms with E-state index in [0.717, 1.165) is 49.8 Å². The van der Waals surface area contributed by atoms with E-state index in [2.05, 4.69) is 48.8 Å². The Bertz CT molecular complexity index is 670. The topological polar surface area (TPSA) is 54.9 Å². The Kier molecular flexibility index (Phi) is 10.1. The second-order valence-electron chi connectivity index (χ2n) is 7.34. The van der Waals surface area contributed by atoms with Crippen LogP contribution in [0.25, 0.3) is 0 Å². The van der Waals surface area contributed by atoms with Gasteiger partial charge in [0.15, 0.2) is 5.96 Å². The molecule has 6 heteroatoms. The van der Waals surface area contributed by atoms with Gasteiger partial charge in [0.25, 0.3) is 0 Å². The van der Waals surface area contributed by atoms with Gasteiger partial charge < -0.3 is 20.1 Å². The van der Waals surface area contributed by atoms with Crippen LogP contribution in [0.3, 0.4) is 0 Å². The predicted octanol–water partition coefficient (Wildman–Crippen LogP) is 4.34. The molecule has 1 saturated heterocycles. The van der Waals surface area contributed by atoms with Crippen molar-refractivity contribution in [3.8, 4) is 5.75 Å². The molecule has 28 heavy (non-hydrogen) atoms. The fourth-order valence-electron chi connectivity index (χ4n) is 3.50. The molecule has 5 nitrogen and oxygen atoms in total. The molecular formula is C22H34IN3O2. The number of ether oxygens (including phenoxy) is 2. The lowest BCUT2D eigenvalue weighted by Gasteiger charge is -2.16. The molecule has 1 aliphatic heterocycles. The van der Waals surface area contributed by atoms with Gasteiger partial charge >= 0.3 is 0 Å². The van der Waals surface area contributed by atoms with Crippen molar-refractivity contribution in [2.75, 3.05) is 26.3 Å². The number of halogens is 1. The van der Waals surface area contributed by atoms with Gasteiger partial charge in [-0.05, 0) is 51.2 Å². The lowest BCUT2D eigenvalue weighted by molar-refractivity contribution is 0.140. The highest BCUT2D eigenvalue weighted by molar-refractivity contribution is 14.0. The van der Waals surface area contributed by atoms with Crippen LogP contribution < -0.4 is 15.4 Å². The fourth-order valence-corrected chi connectivity index (χ4v) is 3.50. The molecule has 2 aliphatic rings. The molecule has 156 valence electrons. The maximum atomic E-state index is 6.19. The molecule has 1 aliphatic carbocycles. The van der Waals surface area contributed by atoms with Crippen molar-refractivity contribution in [2.45, 2.75) is 58.6 Å². The van der Waals surface area contributed by atoms with E-state index in [1.807, 2.05) is 0 Å². The molecule has 0 spiro atoms. The van der Waals surface area contributed by atoms with Crippen molar-refractivity contribution in [2.24, 2.45) is 4.99 Å². The SMILES string of the molecule is CCNC(=NCc1ccc(C)cc1OC1CCOC1)NCCC1=CCCC1.I. The van der Waals surface area contributed by atoms with E-state index in [0.29, 0.717) is 13.2 Å². The van der Waals surface area contributed by atoms with E-state index < -0.39 is 0 Å². The number of benzene rings is 1. The number of rotatable bonds is 8. The first kappa shape index (κ1) is 23.0. The van der Waals surface area contributed by atoms with Crippen molar-refractivity contribution in [1.82, 2.24) is 10.6 Å². The van der Waals surface area contributed by atoms with Crippen molar-refractivity contribution < 1.29 is 9.47 Å². The maximum absolute atomic E-state index is 6.19. The van der Waals surface area contributed by atoms with Crippen LogP contribution in [-0.4, -0.2) is 38.4 Å². The number of nitrogens with one attached hydrogen (secondary N) is 2. The third kappa shape index (κ3) is 7.28. The van der Waals surface area contributed by atoms with E-state index in [4.69, 9.17) is 14.5 Å². The van der Waals surface area contributed by atoms with Crippen LogP contribution in [0.1, 0.15) is 50.2 Å². The lowest BCUT2D eigenvalue weighted by Crippen LogP contribution is -2.37. The molecule has 1 atom stereocenters. The Balaban J connectivity index is 0.00000280. The molecule has 1 aromatic rings. The van der Waals surface area contributed by atoms with Crippen LogP contribution >= 0.6 is 24.0 Å². The second kappa shape index (κ2) is 12.3. The number of aliphatic imine (C=N–C) groups is 1. The first-order valence-electron chi connectivity index (χ1n) is 10.3. The Morgan fingerprint density at radius 1 is 1.32 bits per heavy atom. The van der Waals surface area contributed by atoms with Gasteiger partial charge in [-0.25, -0.2) is 4.99 Å². The molecule has 0 aromatic heterocycles. The van der Waals surface area contributed by atoms with E-state index in [1.165, 1.54) is 24.8 Å². The molecular weight excluding hydrogens is 465 g/mol. The quantitative estimate of drug-likeness (QED) is 0.242. The zero-order chi connectivity index (χ0) is 18.9. The van der Waals surface area contributed by atoms with Crippen LogP contribution in [0.15, 0.2) is 34.8 Å². The van der Waals surface area contributed by atoms with Crippen LogP contribution in [0.4, 0.5) is 0 Å². The largest absolute Gasteiger partial charge is 0.488 e. The number of guanidine groups is 1. The minimum absolute atomic E-state index is 0. The Hall–Kier alpha value is -1.28. The highest BCUT2D eigenvalue weighted by atomic mass is 127. The molecule has 0 bridgehead atoms. The first-order chi connectivity index (χ1) is 13.2. The smallest absolute Gasteiger partial charge is 0.191 e. The molecule has 1 unspecified atom stereocenters. The summed E-state index contributed by atoms with van der Waals surface area (Å²) in [5, 5.41) is 6.80. The Morgan fingerprint density at radius 2 is 2.21 bits per heavy atom. The van der Waals surface area contributed by atoms with Crippen LogP contribution in [0.5, 0.6) is 5.75 Å². The molecule has 1 heterocycles. The van der Waals surface area contributed by atoms with Gasteiger partial charge in [-0.3, -0.25) is 0 Å². The average Bonchev–Trinajstić information content (AvgIpc) is 3.35. The van der Waals surface area contributed by atoms with Gasteiger partial charge in [0.1, 0.15) is 11.9 Å². The third-order valence-corrected chi connectivity index (χ3v) is 5.03. The monoisotopic (exact) mass is 499 g/mol. The number of nitrogens with zero attached hydrogens (tertiary/aromatic N) is 1. The minimum Gasteiger partial charge on any atom is -0.488 e. The van der Waals surface area contributed by atoms with E-state index in [-0.39, 0.29) is 30.1 Å². The van der Waals surface area contributed by atoms with Crippen LogP contribution in [0, 0.1) is 6.92 Å². The zero-order valence-electron chi connectivity index (χ0n) is 17.1. The highest BCUT2D eigenvalue weighted by Gasteiger charge is 2.18. The molecule has 2 N–H and O–H groups in total. The number of hydrogen-bond acceptors (Lipinski definition) is 3. The first-order valence-corrected chi connectivity index (χ1v) is 10.3. The number of allylic oxidation sites excluding steroid dienone is 1. The van der Waals surface area contributed by atoms with Gasteiger partial charge in [-0.1, -0.05) is 23.8 Å². The number of aryl methyl sites for hydroxylation is 1. The maximum Gasteiger partial charge on any atom is 0.191 e. The van der Waals surface area contributed by atoms with Crippen molar-refractivity contribution in [3.63, 3.8) is 0 Å². The molecule has 0 amide bonds. The molecule has 1 aromatic carbocycles. The predicted molar refractivity (Wildman–Crippen MR) is 126 cm³/mol. The summed E-state index contributed by atoms with van der Waals surface area (Å²) in [4.78, 5) is 4.78. The molecule has 0 saturated carbocycles. The second-order valence-corrected chi connectivity index (χ2v) is 7.34. The van der Waals surface area contributed by atoms with Gasteiger partial charge in [-0.15, -0.1) is 24.0 Å². The summed E-state index contributed by atoms with van der Waals surface area (Å²) in [7, 11) is 0. The zero-order valence-corrected chi connectivity index (χ0v) is 19.5. The standard InChI is InChI=1S/C22H33N3O2.HI/c1-3-23-22(24-12-10-18-6-4-5-7-18)25-15-19-9-8-17(2)14-21(19)27-20-11-13-26-16-20;/h6,8-9,14,20H,3-5,7,10-13,15-16H2,1-2H3,(H2,23,24,25);1H. The van der Waals surface area contributed by atoms with Gasteiger partial charge in [0.2, 0.25) is 0 Å². The number of hydrogen-bond donors (Lipinski definition) is 2. The molecule has 1 fully saturated rings. The van der Waals surface area contributed by atoms with Gasteiger partial charge in [0.05, 0.1) is 19.8 Å². The molecule has 0 radical (unpaired) electrons. The average molecular weight is 499 g/mol. The molecule has 3 rings (SSSR count). The summed E-state index contributed by atoms with van der Waals surface area (Å²) in [5.74, 6) is 1.80. The fraction of sp³-hybridized carbons (Fsp3) is 0.591. The van der Waals surface area contributed by atoms with Crippen LogP contribution in [0.2, 0.25) is 0 Å². The van der Waals surface area contributed by atoms with E-state index >= 15 is 0 Å². The minimum atomic E-state index is 0. The summed E-state index contributed by atoms with van der Waals surface area (Å²) >= 11 is 0.